The van der Waals surface area contributed by atoms with Crippen LogP contribution in [0.15, 0.2) is 53.0 Å². The molecule has 0 spiro atoms. The van der Waals surface area contributed by atoms with Gasteiger partial charge in [-0.05, 0) is 67.5 Å². The monoisotopic (exact) mass is 533 g/mol. The number of hydrogen-bond acceptors (Lipinski definition) is 4. The third-order valence-corrected chi connectivity index (χ3v) is 8.92. The average molecular weight is 535 g/mol. The molecule has 2 saturated heterocycles. The van der Waals surface area contributed by atoms with Gasteiger partial charge in [-0.15, -0.1) is 0 Å². The van der Waals surface area contributed by atoms with Crippen molar-refractivity contribution >= 4 is 37.5 Å². The maximum absolute atomic E-state index is 12.8. The minimum absolute atomic E-state index is 0.0131. The summed E-state index contributed by atoms with van der Waals surface area (Å²) < 4.78 is 28.0. The molecule has 2 aliphatic rings. The lowest BCUT2D eigenvalue weighted by Gasteiger charge is -2.30. The zero-order chi connectivity index (χ0) is 23.3. The topological polar surface area (TPSA) is 69.7 Å². The quantitative estimate of drug-likeness (QED) is 0.576. The van der Waals surface area contributed by atoms with E-state index < -0.39 is 10.0 Å². The highest BCUT2D eigenvalue weighted by Gasteiger charge is 2.31. The van der Waals surface area contributed by atoms with Gasteiger partial charge in [-0.3, -0.25) is 4.79 Å². The van der Waals surface area contributed by atoms with Crippen LogP contribution >= 0.6 is 15.9 Å². The summed E-state index contributed by atoms with van der Waals surface area (Å²) in [5.74, 6) is -0.148. The maximum atomic E-state index is 12.8. The number of rotatable bonds is 7. The minimum Gasteiger partial charge on any atom is -0.372 e. The lowest BCUT2D eigenvalue weighted by atomic mass is 9.97. The van der Waals surface area contributed by atoms with Crippen LogP contribution in [0.4, 0.5) is 5.69 Å². The number of anilines is 1. The van der Waals surface area contributed by atoms with E-state index in [2.05, 4.69) is 50.4 Å². The van der Waals surface area contributed by atoms with Crippen LogP contribution in [-0.4, -0.2) is 44.8 Å². The van der Waals surface area contributed by atoms with Gasteiger partial charge in [0.1, 0.15) is 0 Å². The molecule has 0 bridgehead atoms. The fraction of sp³-hybridized carbons (Fsp3) is 0.480. The van der Waals surface area contributed by atoms with E-state index in [0.717, 1.165) is 28.7 Å². The van der Waals surface area contributed by atoms with Gasteiger partial charge in [-0.2, -0.15) is 0 Å². The summed E-state index contributed by atoms with van der Waals surface area (Å²) in [5, 5.41) is 3.04. The second-order valence-corrected chi connectivity index (χ2v) is 11.9. The molecule has 2 aromatic rings. The van der Waals surface area contributed by atoms with Crippen molar-refractivity contribution in [2.45, 2.75) is 44.4 Å². The molecule has 2 heterocycles. The molecule has 2 aliphatic heterocycles. The van der Waals surface area contributed by atoms with Crippen LogP contribution in [0.3, 0.4) is 0 Å². The molecule has 0 unspecified atom stereocenters. The normalized spacial score (nSPS) is 18.3. The predicted molar refractivity (Wildman–Crippen MR) is 135 cm³/mol. The summed E-state index contributed by atoms with van der Waals surface area (Å²) in [6.07, 6.45) is 4.93. The Kier molecular flexibility index (Phi) is 8.09. The lowest BCUT2D eigenvalue weighted by molar-refractivity contribution is -0.126. The summed E-state index contributed by atoms with van der Waals surface area (Å²) in [5.41, 5.74) is 3.09. The molecule has 178 valence electrons. The van der Waals surface area contributed by atoms with E-state index >= 15 is 0 Å². The molecular weight excluding hydrogens is 502 g/mol. The number of halogens is 1. The Hall–Kier alpha value is -1.90. The number of nitrogens with zero attached hydrogens (tertiary/aromatic N) is 2. The first kappa shape index (κ1) is 24.2. The highest BCUT2D eigenvalue weighted by Crippen LogP contribution is 2.24. The van der Waals surface area contributed by atoms with Crippen molar-refractivity contribution in [1.82, 2.24) is 9.62 Å². The Labute approximate surface area is 205 Å². The highest BCUT2D eigenvalue weighted by atomic mass is 79.9. The standard InChI is InChI=1S/C25H32BrN3O3S/c26-23-6-4-5-21(17-23)19-33(31,32)29-15-11-22(12-16-29)25(30)27-18-20-7-9-24(10-8-20)28-13-2-1-3-14-28/h4-10,17,22H,1-3,11-16,18-19H2,(H,27,30). The van der Waals surface area contributed by atoms with E-state index in [9.17, 15) is 13.2 Å². The number of sulfonamides is 1. The molecular formula is C25H32BrN3O3S. The molecule has 8 heteroatoms. The van der Waals surface area contributed by atoms with Crippen molar-refractivity contribution in [3.63, 3.8) is 0 Å². The van der Waals surface area contributed by atoms with Crippen LogP contribution in [0.1, 0.15) is 43.2 Å². The van der Waals surface area contributed by atoms with Crippen LogP contribution in [0.25, 0.3) is 0 Å². The molecule has 2 fully saturated rings. The zero-order valence-corrected chi connectivity index (χ0v) is 21.3. The van der Waals surface area contributed by atoms with Gasteiger partial charge in [0, 0.05) is 48.8 Å². The van der Waals surface area contributed by atoms with Gasteiger partial charge >= 0.3 is 0 Å². The first-order valence-electron chi connectivity index (χ1n) is 11.7. The highest BCUT2D eigenvalue weighted by molar-refractivity contribution is 9.10. The average Bonchev–Trinajstić information content (AvgIpc) is 2.83. The van der Waals surface area contributed by atoms with Crippen molar-refractivity contribution in [2.24, 2.45) is 5.92 Å². The molecule has 0 atom stereocenters. The second kappa shape index (κ2) is 11.0. The van der Waals surface area contributed by atoms with Crippen molar-refractivity contribution in [3.8, 4) is 0 Å². The summed E-state index contributed by atoms with van der Waals surface area (Å²) in [7, 11) is -3.39. The Morgan fingerprint density at radius 1 is 0.939 bits per heavy atom. The van der Waals surface area contributed by atoms with Gasteiger partial charge in [-0.1, -0.05) is 40.2 Å². The molecule has 1 N–H and O–H groups in total. The van der Waals surface area contributed by atoms with Crippen molar-refractivity contribution < 1.29 is 13.2 Å². The predicted octanol–water partition coefficient (Wildman–Crippen LogP) is 4.30. The number of hydrogen-bond donors (Lipinski definition) is 1. The number of carbonyl (C=O) groups excluding carboxylic acids is 1. The fourth-order valence-corrected chi connectivity index (χ4v) is 6.63. The zero-order valence-electron chi connectivity index (χ0n) is 18.9. The van der Waals surface area contributed by atoms with Gasteiger partial charge in [-0.25, -0.2) is 12.7 Å². The number of piperidine rings is 2. The van der Waals surface area contributed by atoms with E-state index in [1.54, 1.807) is 0 Å². The second-order valence-electron chi connectivity index (χ2n) is 8.99. The van der Waals surface area contributed by atoms with Gasteiger partial charge in [0.25, 0.3) is 0 Å². The molecule has 33 heavy (non-hydrogen) atoms. The molecule has 2 aromatic carbocycles. The summed E-state index contributed by atoms with van der Waals surface area (Å²) in [4.78, 5) is 15.1. The Morgan fingerprint density at radius 3 is 2.30 bits per heavy atom. The van der Waals surface area contributed by atoms with Gasteiger partial charge in [0.15, 0.2) is 0 Å². The molecule has 6 nitrogen and oxygen atoms in total. The van der Waals surface area contributed by atoms with Crippen LogP contribution < -0.4 is 10.2 Å². The first-order valence-corrected chi connectivity index (χ1v) is 14.1. The van der Waals surface area contributed by atoms with Crippen LogP contribution in [0.5, 0.6) is 0 Å². The molecule has 0 aromatic heterocycles. The van der Waals surface area contributed by atoms with E-state index in [1.807, 2.05) is 24.3 Å². The first-order chi connectivity index (χ1) is 15.9. The molecule has 0 aliphatic carbocycles. The molecule has 4 rings (SSSR count). The summed E-state index contributed by atoms with van der Waals surface area (Å²) in [6.45, 7) is 3.51. The Bertz CT molecular complexity index is 1040. The van der Waals surface area contributed by atoms with Crippen LogP contribution in [0.2, 0.25) is 0 Å². The maximum Gasteiger partial charge on any atom is 0.223 e. The van der Waals surface area contributed by atoms with Crippen LogP contribution in [0, 0.1) is 5.92 Å². The third kappa shape index (κ3) is 6.58. The SMILES string of the molecule is O=C(NCc1ccc(N2CCCCC2)cc1)C1CCN(S(=O)(=O)Cc2cccc(Br)c2)CC1. The summed E-state index contributed by atoms with van der Waals surface area (Å²) >= 11 is 3.39. The van der Waals surface area contributed by atoms with Crippen molar-refractivity contribution in [3.05, 3.63) is 64.1 Å². The minimum atomic E-state index is -3.39. The van der Waals surface area contributed by atoms with E-state index in [1.165, 1.54) is 29.3 Å². The van der Waals surface area contributed by atoms with Crippen LogP contribution in [-0.2, 0) is 27.1 Å². The van der Waals surface area contributed by atoms with Crippen molar-refractivity contribution in [1.29, 1.82) is 0 Å². The molecule has 1 amide bonds. The van der Waals surface area contributed by atoms with Crippen molar-refractivity contribution in [2.75, 3.05) is 31.1 Å². The number of benzene rings is 2. The lowest BCUT2D eigenvalue weighted by Crippen LogP contribution is -2.43. The van der Waals surface area contributed by atoms with E-state index in [0.29, 0.717) is 32.5 Å². The summed E-state index contributed by atoms with van der Waals surface area (Å²) in [6, 6.07) is 15.8. The van der Waals surface area contributed by atoms with E-state index in [-0.39, 0.29) is 17.6 Å². The van der Waals surface area contributed by atoms with Gasteiger partial charge in [0.05, 0.1) is 5.75 Å². The Morgan fingerprint density at radius 2 is 1.64 bits per heavy atom. The fourth-order valence-electron chi connectivity index (χ4n) is 4.64. The van der Waals surface area contributed by atoms with Gasteiger partial charge in [0.2, 0.25) is 15.9 Å². The largest absolute Gasteiger partial charge is 0.372 e. The van der Waals surface area contributed by atoms with Gasteiger partial charge < -0.3 is 10.2 Å². The number of nitrogens with one attached hydrogen (secondary N) is 1. The van der Waals surface area contributed by atoms with E-state index in [4.69, 9.17) is 0 Å². The molecule has 0 radical (unpaired) electrons. The Balaban J connectivity index is 1.23. The molecule has 0 saturated carbocycles. The smallest absolute Gasteiger partial charge is 0.223 e. The third-order valence-electron chi connectivity index (χ3n) is 6.58. The number of amides is 1. The number of carbonyl (C=O) groups is 1.